The molecule has 0 unspecified atom stereocenters. The van der Waals surface area contributed by atoms with E-state index in [9.17, 15) is 14.8 Å². The molecule has 2 aromatic rings. The molecule has 3 heterocycles. The van der Waals surface area contributed by atoms with Crippen molar-refractivity contribution in [1.82, 2.24) is 15.3 Å². The van der Waals surface area contributed by atoms with Crippen molar-refractivity contribution in [2.75, 3.05) is 43.6 Å². The van der Waals surface area contributed by atoms with Crippen LogP contribution < -0.4 is 16.0 Å². The fraction of sp³-hybridized carbons (Fsp3) is 0.577. The Morgan fingerprint density at radius 1 is 1.19 bits per heavy atom. The van der Waals surface area contributed by atoms with Gasteiger partial charge in [-0.3, -0.25) is 0 Å². The molecule has 194 valence electrons. The van der Waals surface area contributed by atoms with Crippen molar-refractivity contribution in [3.05, 3.63) is 35.5 Å². The molecule has 2 aliphatic rings. The zero-order chi connectivity index (χ0) is 25.4. The summed E-state index contributed by atoms with van der Waals surface area (Å²) in [6.45, 7) is 1.29. The Morgan fingerprint density at radius 2 is 1.94 bits per heavy atom. The first-order chi connectivity index (χ1) is 17.5. The van der Waals surface area contributed by atoms with Gasteiger partial charge in [-0.25, -0.2) is 14.4 Å². The van der Waals surface area contributed by atoms with Crippen LogP contribution in [0.3, 0.4) is 0 Å². The first kappa shape index (κ1) is 26.6. The molecular formula is C26H34ClFN6O2. The van der Waals surface area contributed by atoms with Crippen molar-refractivity contribution in [2.24, 2.45) is 5.41 Å². The smallest absolute Gasteiger partial charge is 0.126 e. The van der Waals surface area contributed by atoms with Crippen LogP contribution in [-0.4, -0.2) is 66.2 Å². The molecular weight excluding hydrogens is 483 g/mol. The minimum Gasteiger partial charge on any atom is -0.389 e. The number of ether oxygens (including phenoxy) is 1. The number of halogens is 2. The van der Waals surface area contributed by atoms with Gasteiger partial charge in [0.1, 0.15) is 18.3 Å². The molecule has 0 bridgehead atoms. The highest BCUT2D eigenvalue weighted by Gasteiger charge is 2.32. The molecule has 4 rings (SSSR count). The summed E-state index contributed by atoms with van der Waals surface area (Å²) in [5, 5.41) is 29.7. The van der Waals surface area contributed by atoms with E-state index in [1.165, 1.54) is 0 Å². The lowest BCUT2D eigenvalue weighted by Crippen LogP contribution is -2.40. The fourth-order valence-electron chi connectivity index (χ4n) is 4.76. The number of rotatable bonds is 10. The van der Waals surface area contributed by atoms with Gasteiger partial charge >= 0.3 is 0 Å². The van der Waals surface area contributed by atoms with E-state index in [4.69, 9.17) is 21.3 Å². The van der Waals surface area contributed by atoms with Crippen LogP contribution in [0.4, 0.5) is 16.0 Å². The fourth-order valence-corrected chi connectivity index (χ4v) is 4.96. The molecule has 2 fully saturated rings. The zero-order valence-corrected chi connectivity index (χ0v) is 21.1. The topological polar surface area (TPSA) is 115 Å². The van der Waals surface area contributed by atoms with Gasteiger partial charge in [-0.1, -0.05) is 17.7 Å². The molecule has 4 N–H and O–H groups in total. The van der Waals surface area contributed by atoms with Gasteiger partial charge in [0, 0.05) is 50.1 Å². The SMILES string of the molecule is N#CC1(CNc2cccc(-c3cc(N[C@H]4CC[C@H](NC[C@@H](O)CF)CC4)ncc3Cl)n2)CCOCC1. The lowest BCUT2D eigenvalue weighted by molar-refractivity contribution is 0.0455. The summed E-state index contributed by atoms with van der Waals surface area (Å²) in [4.78, 5) is 9.21. The van der Waals surface area contributed by atoms with Gasteiger partial charge in [0.05, 0.1) is 28.3 Å². The Bertz CT molecular complexity index is 1040. The molecule has 1 saturated carbocycles. The maximum atomic E-state index is 12.5. The van der Waals surface area contributed by atoms with Crippen LogP contribution in [0.1, 0.15) is 38.5 Å². The van der Waals surface area contributed by atoms with Gasteiger partial charge < -0.3 is 25.8 Å². The summed E-state index contributed by atoms with van der Waals surface area (Å²) in [7, 11) is 0. The number of hydrogen-bond acceptors (Lipinski definition) is 8. The molecule has 1 aliphatic carbocycles. The van der Waals surface area contributed by atoms with E-state index in [1.807, 2.05) is 24.3 Å². The van der Waals surface area contributed by atoms with Gasteiger partial charge in [0.15, 0.2) is 0 Å². The van der Waals surface area contributed by atoms with Crippen molar-refractivity contribution in [1.29, 1.82) is 5.26 Å². The molecule has 36 heavy (non-hydrogen) atoms. The second kappa shape index (κ2) is 12.6. The molecule has 1 aliphatic heterocycles. The predicted molar refractivity (Wildman–Crippen MR) is 139 cm³/mol. The molecule has 0 amide bonds. The highest BCUT2D eigenvalue weighted by atomic mass is 35.5. The summed E-state index contributed by atoms with van der Waals surface area (Å²) < 4.78 is 17.9. The minimum absolute atomic E-state index is 0.276. The van der Waals surface area contributed by atoms with Crippen LogP contribution in [0.5, 0.6) is 0 Å². The van der Waals surface area contributed by atoms with Gasteiger partial charge in [0.2, 0.25) is 0 Å². The van der Waals surface area contributed by atoms with Gasteiger partial charge in [-0.05, 0) is 56.7 Å². The summed E-state index contributed by atoms with van der Waals surface area (Å²) in [6, 6.07) is 10.7. The normalized spacial score (nSPS) is 22.4. The highest BCUT2D eigenvalue weighted by Crippen LogP contribution is 2.32. The van der Waals surface area contributed by atoms with E-state index in [2.05, 4.69) is 27.0 Å². The van der Waals surface area contributed by atoms with Gasteiger partial charge in [-0.2, -0.15) is 5.26 Å². The maximum Gasteiger partial charge on any atom is 0.126 e. The zero-order valence-electron chi connectivity index (χ0n) is 20.4. The Morgan fingerprint density at radius 3 is 2.67 bits per heavy atom. The Balaban J connectivity index is 1.36. The quantitative estimate of drug-likeness (QED) is 0.372. The van der Waals surface area contributed by atoms with Crippen molar-refractivity contribution in [2.45, 2.75) is 56.7 Å². The van der Waals surface area contributed by atoms with Crippen LogP contribution in [-0.2, 0) is 4.74 Å². The number of aromatic nitrogens is 2. The second-order valence-electron chi connectivity index (χ2n) is 9.72. The molecule has 8 nitrogen and oxygen atoms in total. The van der Waals surface area contributed by atoms with Crippen LogP contribution >= 0.6 is 11.6 Å². The summed E-state index contributed by atoms with van der Waals surface area (Å²) >= 11 is 6.50. The number of nitrogens with zero attached hydrogens (tertiary/aromatic N) is 3. The third-order valence-corrected chi connectivity index (χ3v) is 7.38. The van der Waals surface area contributed by atoms with E-state index in [-0.39, 0.29) is 12.6 Å². The van der Waals surface area contributed by atoms with Crippen molar-refractivity contribution < 1.29 is 14.2 Å². The first-order valence-corrected chi connectivity index (χ1v) is 13.0. The number of alkyl halides is 1. The molecule has 10 heteroatoms. The monoisotopic (exact) mass is 516 g/mol. The largest absolute Gasteiger partial charge is 0.389 e. The third-order valence-electron chi connectivity index (χ3n) is 7.07. The third kappa shape index (κ3) is 7.04. The Hall–Kier alpha value is -2.51. The van der Waals surface area contributed by atoms with Gasteiger partial charge in [-0.15, -0.1) is 0 Å². The average Bonchev–Trinajstić information content (AvgIpc) is 2.93. The number of nitriles is 1. The molecule has 0 aromatic carbocycles. The lowest BCUT2D eigenvalue weighted by Gasteiger charge is -2.31. The molecule has 0 radical (unpaired) electrons. The minimum atomic E-state index is -0.936. The van der Waals surface area contributed by atoms with E-state index < -0.39 is 18.2 Å². The summed E-state index contributed by atoms with van der Waals surface area (Å²) in [6.07, 6.45) is 5.91. The standard InChI is InChI=1S/C26H34ClFN6O2/c27-22-15-31-25(33-19-6-4-18(5-7-19)30-14-20(35)13-28)12-21(22)23-2-1-3-24(34-23)32-17-26(16-29)8-10-36-11-9-26/h1-3,12,15,18-20,30,35H,4-11,13-14,17H2,(H,31,33)(H,32,34)/t18-,19-,20-/m0/s1. The second-order valence-corrected chi connectivity index (χ2v) is 10.1. The van der Waals surface area contributed by atoms with E-state index in [0.29, 0.717) is 49.5 Å². The van der Waals surface area contributed by atoms with Crippen molar-refractivity contribution in [3.8, 4) is 17.3 Å². The molecule has 1 atom stereocenters. The van der Waals surface area contributed by atoms with Crippen LogP contribution in [0.2, 0.25) is 5.02 Å². The molecule has 2 aromatic heterocycles. The summed E-state index contributed by atoms with van der Waals surface area (Å²) in [5.74, 6) is 1.43. The Kier molecular flexibility index (Phi) is 9.32. The molecule has 1 saturated heterocycles. The number of pyridine rings is 2. The van der Waals surface area contributed by atoms with Crippen LogP contribution in [0, 0.1) is 16.7 Å². The Labute approximate surface area is 216 Å². The number of aliphatic hydroxyl groups excluding tert-OH is 1. The highest BCUT2D eigenvalue weighted by molar-refractivity contribution is 6.33. The maximum absolute atomic E-state index is 12.5. The number of anilines is 2. The number of aliphatic hydroxyl groups is 1. The molecule has 0 spiro atoms. The lowest BCUT2D eigenvalue weighted by atomic mass is 9.82. The van der Waals surface area contributed by atoms with Crippen LogP contribution in [0.25, 0.3) is 11.3 Å². The van der Waals surface area contributed by atoms with Crippen LogP contribution in [0.15, 0.2) is 30.5 Å². The first-order valence-electron chi connectivity index (χ1n) is 12.6. The van der Waals surface area contributed by atoms with E-state index in [1.54, 1.807) is 6.20 Å². The summed E-state index contributed by atoms with van der Waals surface area (Å²) in [5.41, 5.74) is 1.07. The predicted octanol–water partition coefficient (Wildman–Crippen LogP) is 4.17. The van der Waals surface area contributed by atoms with E-state index >= 15 is 0 Å². The van der Waals surface area contributed by atoms with Crippen molar-refractivity contribution >= 4 is 23.2 Å². The van der Waals surface area contributed by atoms with Crippen molar-refractivity contribution in [3.63, 3.8) is 0 Å². The average molecular weight is 517 g/mol. The van der Waals surface area contributed by atoms with E-state index in [0.717, 1.165) is 42.8 Å². The number of nitrogens with one attached hydrogen (secondary N) is 3. The van der Waals surface area contributed by atoms with Gasteiger partial charge in [0.25, 0.3) is 0 Å². The number of hydrogen-bond donors (Lipinski definition) is 4.